The molecule has 7 heteroatoms. The van der Waals surface area contributed by atoms with Gasteiger partial charge in [-0.15, -0.1) is 0 Å². The van der Waals surface area contributed by atoms with E-state index in [2.05, 4.69) is 0 Å². The molecule has 0 radical (unpaired) electrons. The molecule has 132 valence electrons. The maximum atomic E-state index is 12.7. The molecule has 23 heavy (non-hydrogen) atoms. The molecule has 0 bridgehead atoms. The molecule has 0 aromatic carbocycles. The molecule has 0 aromatic heterocycles. The number of ether oxygens (including phenoxy) is 3. The van der Waals surface area contributed by atoms with Crippen LogP contribution in [0.3, 0.4) is 0 Å². The molecule has 2 aliphatic heterocycles. The minimum absolute atomic E-state index is 0.247. The Hall–Kier alpha value is -1.31. The van der Waals surface area contributed by atoms with Crippen LogP contribution in [0.15, 0.2) is 11.8 Å². The molecule has 0 aliphatic carbocycles. The van der Waals surface area contributed by atoms with Crippen molar-refractivity contribution in [3.63, 3.8) is 0 Å². The molecule has 2 aliphatic rings. The summed E-state index contributed by atoms with van der Waals surface area (Å²) in [5, 5.41) is 1.71. The average molecular weight is 328 g/mol. The van der Waals surface area contributed by atoms with E-state index in [1.807, 2.05) is 47.7 Å². The lowest BCUT2D eigenvalue weighted by Gasteiger charge is -2.41. The molecule has 7 nitrogen and oxygen atoms in total. The van der Waals surface area contributed by atoms with Crippen LogP contribution in [0.4, 0.5) is 4.79 Å². The van der Waals surface area contributed by atoms with E-state index < -0.39 is 17.4 Å². The van der Waals surface area contributed by atoms with Crippen LogP contribution in [0.1, 0.15) is 34.6 Å². The zero-order chi connectivity index (χ0) is 17.4. The fourth-order valence-electron chi connectivity index (χ4n) is 2.98. The number of amides is 1. The first kappa shape index (κ1) is 18.0. The summed E-state index contributed by atoms with van der Waals surface area (Å²) in [5.74, 6) is 0.763. The van der Waals surface area contributed by atoms with Crippen LogP contribution in [-0.4, -0.2) is 66.8 Å². The highest BCUT2D eigenvalue weighted by Gasteiger charge is 2.51. The first-order valence-corrected chi connectivity index (χ1v) is 7.83. The average Bonchev–Trinajstić information content (AvgIpc) is 2.71. The zero-order valence-corrected chi connectivity index (χ0v) is 15.1. The third kappa shape index (κ3) is 3.79. The quantitative estimate of drug-likeness (QED) is 0.774. The van der Waals surface area contributed by atoms with Crippen LogP contribution in [0.25, 0.3) is 0 Å². The van der Waals surface area contributed by atoms with Crippen molar-refractivity contribution in [1.82, 2.24) is 9.96 Å². The minimum atomic E-state index is -0.760. The molecule has 2 atom stereocenters. The van der Waals surface area contributed by atoms with Gasteiger partial charge in [0.2, 0.25) is 0 Å². The van der Waals surface area contributed by atoms with Crippen molar-refractivity contribution in [1.29, 1.82) is 0 Å². The number of methoxy groups -OCH3 is 1. The summed E-state index contributed by atoms with van der Waals surface area (Å²) in [4.78, 5) is 19.9. The second kappa shape index (κ2) is 6.30. The van der Waals surface area contributed by atoms with Crippen molar-refractivity contribution in [2.45, 2.75) is 58.0 Å². The molecule has 0 N–H and O–H groups in total. The Labute approximate surface area is 138 Å². The lowest BCUT2D eigenvalue weighted by Crippen LogP contribution is -2.58. The normalized spacial score (nSPS) is 28.5. The molecule has 1 amide bonds. The van der Waals surface area contributed by atoms with E-state index in [1.54, 1.807) is 17.1 Å². The van der Waals surface area contributed by atoms with E-state index in [4.69, 9.17) is 19.0 Å². The maximum absolute atomic E-state index is 12.7. The predicted molar refractivity (Wildman–Crippen MR) is 84.5 cm³/mol. The first-order valence-electron chi connectivity index (χ1n) is 7.83. The number of carbonyl (C=O) groups is 1. The first-order chi connectivity index (χ1) is 10.6. The molecule has 1 saturated heterocycles. The van der Waals surface area contributed by atoms with Gasteiger partial charge in [-0.05, 0) is 40.7 Å². The lowest BCUT2D eigenvalue weighted by atomic mass is 10.0. The van der Waals surface area contributed by atoms with Gasteiger partial charge in [0.15, 0.2) is 0 Å². The van der Waals surface area contributed by atoms with Gasteiger partial charge < -0.3 is 14.2 Å². The fraction of sp³-hybridized carbons (Fsp3) is 0.812. The van der Waals surface area contributed by atoms with Crippen LogP contribution in [0, 0.1) is 0 Å². The van der Waals surface area contributed by atoms with Gasteiger partial charge in [-0.25, -0.2) is 4.79 Å². The third-order valence-electron chi connectivity index (χ3n) is 3.96. The topological polar surface area (TPSA) is 60.5 Å². The van der Waals surface area contributed by atoms with E-state index in [9.17, 15) is 4.79 Å². The van der Waals surface area contributed by atoms with Gasteiger partial charge in [0.25, 0.3) is 0 Å². The standard InChI is InChI=1S/C16H28N2O5/c1-15(2,3)23-14(19)18-11(10-21-16(18,4)5)13-12(20-7)8-9-22-17(13)6/h8,11,13H,9-10H2,1-7H3/t11-,13+/m1/s1. The number of rotatable bonds is 2. The summed E-state index contributed by atoms with van der Waals surface area (Å²) in [6.45, 7) is 10.1. The van der Waals surface area contributed by atoms with Gasteiger partial charge in [0, 0.05) is 7.05 Å². The Morgan fingerprint density at radius 2 is 2.04 bits per heavy atom. The fourth-order valence-corrected chi connectivity index (χ4v) is 2.98. The van der Waals surface area contributed by atoms with Gasteiger partial charge in [-0.2, -0.15) is 5.06 Å². The highest BCUT2D eigenvalue weighted by molar-refractivity contribution is 5.70. The van der Waals surface area contributed by atoms with Crippen molar-refractivity contribution >= 4 is 6.09 Å². The van der Waals surface area contributed by atoms with Gasteiger partial charge in [0.1, 0.15) is 23.1 Å². The third-order valence-corrected chi connectivity index (χ3v) is 3.96. The zero-order valence-electron chi connectivity index (χ0n) is 15.1. The van der Waals surface area contributed by atoms with Crippen molar-refractivity contribution in [2.75, 3.05) is 27.4 Å². The molecule has 0 aromatic rings. The van der Waals surface area contributed by atoms with Crippen molar-refractivity contribution < 1.29 is 23.8 Å². The highest BCUT2D eigenvalue weighted by atomic mass is 16.7. The van der Waals surface area contributed by atoms with Gasteiger partial charge >= 0.3 is 6.09 Å². The summed E-state index contributed by atoms with van der Waals surface area (Å²) in [6.07, 6.45) is 1.47. The van der Waals surface area contributed by atoms with E-state index >= 15 is 0 Å². The number of hydrogen-bond acceptors (Lipinski definition) is 6. The SMILES string of the molecule is COC1=CCON(C)[C@H]1[C@H]1COC(C)(C)N1C(=O)OC(C)(C)C. The van der Waals surface area contributed by atoms with E-state index in [1.165, 1.54) is 0 Å². The molecule has 2 rings (SSSR count). The summed E-state index contributed by atoms with van der Waals surface area (Å²) < 4.78 is 16.9. The van der Waals surface area contributed by atoms with Crippen molar-refractivity contribution in [3.8, 4) is 0 Å². The summed E-state index contributed by atoms with van der Waals surface area (Å²) in [6, 6.07) is -0.514. The Kier molecular flexibility index (Phi) is 4.94. The summed E-state index contributed by atoms with van der Waals surface area (Å²) in [5.41, 5.74) is -1.33. The van der Waals surface area contributed by atoms with E-state index in [0.717, 1.165) is 5.76 Å². The molecule has 2 heterocycles. The van der Waals surface area contributed by atoms with Crippen LogP contribution in [-0.2, 0) is 19.0 Å². The largest absolute Gasteiger partial charge is 0.499 e. The Morgan fingerprint density at radius 1 is 1.39 bits per heavy atom. The lowest BCUT2D eigenvalue weighted by molar-refractivity contribution is -0.179. The maximum Gasteiger partial charge on any atom is 0.412 e. The number of hydroxylamine groups is 2. The number of likely N-dealkylation sites (N-methyl/N-ethyl adjacent to an activating group) is 1. The monoisotopic (exact) mass is 328 g/mol. The van der Waals surface area contributed by atoms with Crippen molar-refractivity contribution in [2.24, 2.45) is 0 Å². The van der Waals surface area contributed by atoms with Gasteiger partial charge in [-0.1, -0.05) is 0 Å². The molecular formula is C16H28N2O5. The molecular weight excluding hydrogens is 300 g/mol. The van der Waals surface area contributed by atoms with Gasteiger partial charge in [0.05, 0.1) is 26.4 Å². The molecule has 1 fully saturated rings. The number of nitrogens with zero attached hydrogens (tertiary/aromatic N) is 2. The smallest absolute Gasteiger partial charge is 0.412 e. The number of hydrogen-bond donors (Lipinski definition) is 0. The Balaban J connectivity index is 2.31. The van der Waals surface area contributed by atoms with Crippen LogP contribution in [0.2, 0.25) is 0 Å². The predicted octanol–water partition coefficient (Wildman–Crippen LogP) is 2.13. The second-order valence-electron chi connectivity index (χ2n) is 7.27. The summed E-state index contributed by atoms with van der Waals surface area (Å²) in [7, 11) is 3.45. The van der Waals surface area contributed by atoms with E-state index in [-0.39, 0.29) is 12.1 Å². The van der Waals surface area contributed by atoms with Gasteiger partial charge in [-0.3, -0.25) is 9.74 Å². The highest BCUT2D eigenvalue weighted by Crippen LogP contribution is 2.35. The molecule has 0 spiro atoms. The molecule has 0 saturated carbocycles. The minimum Gasteiger partial charge on any atom is -0.499 e. The van der Waals surface area contributed by atoms with E-state index in [0.29, 0.717) is 13.2 Å². The van der Waals surface area contributed by atoms with Crippen LogP contribution in [0.5, 0.6) is 0 Å². The van der Waals surface area contributed by atoms with Crippen molar-refractivity contribution in [3.05, 3.63) is 11.8 Å². The summed E-state index contributed by atoms with van der Waals surface area (Å²) >= 11 is 0. The molecule has 0 unspecified atom stereocenters. The second-order valence-corrected chi connectivity index (χ2v) is 7.27. The van der Waals surface area contributed by atoms with Crippen LogP contribution >= 0.6 is 0 Å². The number of carbonyl (C=O) groups excluding carboxylic acids is 1. The van der Waals surface area contributed by atoms with Crippen LogP contribution < -0.4 is 0 Å². The Bertz CT molecular complexity index is 483. The Morgan fingerprint density at radius 3 is 2.61 bits per heavy atom.